The Kier molecular flexibility index (Phi) is 2.38. The van der Waals surface area contributed by atoms with Gasteiger partial charge in [-0.15, -0.1) is 11.8 Å². The van der Waals surface area contributed by atoms with Crippen LogP contribution >= 0.6 is 11.8 Å². The molecule has 0 radical (unpaired) electrons. The summed E-state index contributed by atoms with van der Waals surface area (Å²) in [4.78, 5) is 1.55. The van der Waals surface area contributed by atoms with Crippen molar-refractivity contribution in [2.24, 2.45) is 5.41 Å². The predicted molar refractivity (Wildman–Crippen MR) is 64.1 cm³/mol. The van der Waals surface area contributed by atoms with Crippen LogP contribution in [0.3, 0.4) is 0 Å². The molecule has 1 aromatic rings. The largest absolute Gasteiger partial charge is 0.125 e. The van der Waals surface area contributed by atoms with Crippen molar-refractivity contribution in [3.63, 3.8) is 0 Å². The van der Waals surface area contributed by atoms with Gasteiger partial charge in [-0.2, -0.15) is 0 Å². The highest BCUT2D eigenvalue weighted by Gasteiger charge is 2.27. The topological polar surface area (TPSA) is 0 Å². The summed E-state index contributed by atoms with van der Waals surface area (Å²) in [7, 11) is 0. The first-order valence-electron chi connectivity index (χ1n) is 5.21. The summed E-state index contributed by atoms with van der Waals surface area (Å²) < 4.78 is 0. The third-order valence-corrected chi connectivity index (χ3v) is 4.74. The average Bonchev–Trinajstić information content (AvgIpc) is 2.10. The van der Waals surface area contributed by atoms with E-state index in [2.05, 4.69) is 39.8 Å². The van der Waals surface area contributed by atoms with Crippen molar-refractivity contribution in [3.8, 4) is 0 Å². The zero-order valence-electron chi connectivity index (χ0n) is 9.48. The molecule has 0 N–H and O–H groups in total. The van der Waals surface area contributed by atoms with Crippen molar-refractivity contribution < 1.29 is 0 Å². The molecule has 0 atom stereocenters. The van der Waals surface area contributed by atoms with Crippen molar-refractivity contribution in [2.75, 3.05) is 5.75 Å². The predicted octanol–water partition coefficient (Wildman–Crippen LogP) is 3.98. The third kappa shape index (κ3) is 1.70. The van der Waals surface area contributed by atoms with Crippen LogP contribution in [0.2, 0.25) is 0 Å². The molecule has 0 saturated carbocycles. The lowest BCUT2D eigenvalue weighted by Gasteiger charge is -2.32. The molecule has 0 spiro atoms. The minimum absolute atomic E-state index is 0.468. The number of benzene rings is 1. The highest BCUT2D eigenvalue weighted by Crippen LogP contribution is 2.42. The minimum Gasteiger partial charge on any atom is -0.125 e. The number of thioether (sulfide) groups is 1. The van der Waals surface area contributed by atoms with Crippen LogP contribution in [0.15, 0.2) is 17.0 Å². The zero-order chi connectivity index (χ0) is 10.3. The number of hydrogen-bond acceptors (Lipinski definition) is 1. The Balaban J connectivity index is 2.51. The van der Waals surface area contributed by atoms with Gasteiger partial charge in [0.05, 0.1) is 0 Å². The maximum Gasteiger partial charge on any atom is 0.0136 e. The first-order valence-corrected chi connectivity index (χ1v) is 6.20. The van der Waals surface area contributed by atoms with Gasteiger partial charge in [-0.3, -0.25) is 0 Å². The van der Waals surface area contributed by atoms with Crippen LogP contribution in [0.25, 0.3) is 0 Å². The van der Waals surface area contributed by atoms with Gasteiger partial charge in [0.1, 0.15) is 0 Å². The van der Waals surface area contributed by atoms with Gasteiger partial charge < -0.3 is 0 Å². The molecule has 0 aliphatic carbocycles. The monoisotopic (exact) mass is 206 g/mol. The highest BCUT2D eigenvalue weighted by molar-refractivity contribution is 7.99. The van der Waals surface area contributed by atoms with Gasteiger partial charge in [0.2, 0.25) is 0 Å². The fourth-order valence-corrected chi connectivity index (χ4v) is 3.40. The van der Waals surface area contributed by atoms with E-state index in [4.69, 9.17) is 0 Å². The summed E-state index contributed by atoms with van der Waals surface area (Å²) in [5.74, 6) is 1.25. The van der Waals surface area contributed by atoms with E-state index in [9.17, 15) is 0 Å². The first kappa shape index (κ1) is 10.1. The van der Waals surface area contributed by atoms with Crippen LogP contribution < -0.4 is 0 Å². The fourth-order valence-electron chi connectivity index (χ4n) is 2.06. The lowest BCUT2D eigenvalue weighted by atomic mass is 9.85. The molecule has 1 aromatic carbocycles. The van der Waals surface area contributed by atoms with Crippen molar-refractivity contribution in [3.05, 3.63) is 28.8 Å². The van der Waals surface area contributed by atoms with E-state index in [0.717, 1.165) is 0 Å². The Labute approximate surface area is 91.1 Å². The van der Waals surface area contributed by atoms with Gasteiger partial charge in [-0.25, -0.2) is 0 Å². The summed E-state index contributed by atoms with van der Waals surface area (Å²) in [6.45, 7) is 9.19. The third-order valence-electron chi connectivity index (χ3n) is 2.95. The second-order valence-electron chi connectivity index (χ2n) is 5.14. The van der Waals surface area contributed by atoms with Gasteiger partial charge >= 0.3 is 0 Å². The Hall–Kier alpha value is -0.430. The fraction of sp³-hybridized carbons (Fsp3) is 0.538. The SMILES string of the molecule is Cc1ccc(C)c2c1CC(C)(C)CS2. The average molecular weight is 206 g/mol. The molecule has 0 bridgehead atoms. The molecule has 1 heteroatoms. The Bertz CT molecular complexity index is 364. The Morgan fingerprint density at radius 1 is 1.14 bits per heavy atom. The molecule has 0 saturated heterocycles. The van der Waals surface area contributed by atoms with Gasteiger partial charge in [-0.1, -0.05) is 26.0 Å². The molecule has 1 aliphatic rings. The molecule has 76 valence electrons. The van der Waals surface area contributed by atoms with E-state index in [1.807, 2.05) is 11.8 Å². The number of aryl methyl sites for hydroxylation is 2. The minimum atomic E-state index is 0.468. The lowest BCUT2D eigenvalue weighted by Crippen LogP contribution is -2.23. The Morgan fingerprint density at radius 3 is 2.50 bits per heavy atom. The lowest BCUT2D eigenvalue weighted by molar-refractivity contribution is 0.411. The summed E-state index contributed by atoms with van der Waals surface area (Å²) in [6, 6.07) is 4.51. The smallest absolute Gasteiger partial charge is 0.0136 e. The van der Waals surface area contributed by atoms with Crippen molar-refractivity contribution in [1.29, 1.82) is 0 Å². The van der Waals surface area contributed by atoms with Crippen molar-refractivity contribution >= 4 is 11.8 Å². The van der Waals surface area contributed by atoms with Crippen molar-refractivity contribution in [2.45, 2.75) is 39.0 Å². The van der Waals surface area contributed by atoms with E-state index in [1.54, 1.807) is 10.5 Å². The van der Waals surface area contributed by atoms with Crippen LogP contribution in [-0.4, -0.2) is 5.75 Å². The summed E-state index contributed by atoms with van der Waals surface area (Å²) in [5, 5.41) is 0. The molecule has 14 heavy (non-hydrogen) atoms. The summed E-state index contributed by atoms with van der Waals surface area (Å²) in [6.07, 6.45) is 1.24. The normalized spacial score (nSPS) is 19.1. The van der Waals surface area contributed by atoms with E-state index in [0.29, 0.717) is 5.41 Å². The maximum absolute atomic E-state index is 2.37. The second kappa shape index (κ2) is 3.30. The van der Waals surface area contributed by atoms with Crippen LogP contribution in [0, 0.1) is 19.3 Å². The second-order valence-corrected chi connectivity index (χ2v) is 6.12. The standard InChI is InChI=1S/C13H18S/c1-9-5-6-10(2)12-11(9)7-13(3,4)8-14-12/h5-6H,7-8H2,1-4H3. The maximum atomic E-state index is 2.37. The molecule has 0 aromatic heterocycles. The van der Waals surface area contributed by atoms with Crippen LogP contribution in [0.5, 0.6) is 0 Å². The Morgan fingerprint density at radius 2 is 1.79 bits per heavy atom. The summed E-state index contributed by atoms with van der Waals surface area (Å²) in [5.41, 5.74) is 4.97. The van der Waals surface area contributed by atoms with Crippen LogP contribution in [-0.2, 0) is 6.42 Å². The molecule has 0 amide bonds. The molecule has 1 aliphatic heterocycles. The molecule has 0 unspecified atom stereocenters. The number of hydrogen-bond donors (Lipinski definition) is 0. The van der Waals surface area contributed by atoms with Gasteiger partial charge in [0.15, 0.2) is 0 Å². The zero-order valence-corrected chi connectivity index (χ0v) is 10.3. The molecule has 1 heterocycles. The molecule has 0 fully saturated rings. The van der Waals surface area contributed by atoms with Crippen LogP contribution in [0.4, 0.5) is 0 Å². The molecular formula is C13H18S. The highest BCUT2D eigenvalue weighted by atomic mass is 32.2. The van der Waals surface area contributed by atoms with Gasteiger partial charge in [0.25, 0.3) is 0 Å². The molecule has 0 nitrogen and oxygen atoms in total. The summed E-state index contributed by atoms with van der Waals surface area (Å²) >= 11 is 2.04. The molecule has 2 rings (SSSR count). The first-order chi connectivity index (χ1) is 6.49. The van der Waals surface area contributed by atoms with Crippen LogP contribution in [0.1, 0.15) is 30.5 Å². The number of rotatable bonds is 0. The van der Waals surface area contributed by atoms with E-state index in [1.165, 1.54) is 23.3 Å². The van der Waals surface area contributed by atoms with Gasteiger partial charge in [0, 0.05) is 10.6 Å². The molecular weight excluding hydrogens is 188 g/mol. The van der Waals surface area contributed by atoms with Crippen molar-refractivity contribution in [1.82, 2.24) is 0 Å². The van der Waals surface area contributed by atoms with E-state index in [-0.39, 0.29) is 0 Å². The van der Waals surface area contributed by atoms with Gasteiger partial charge in [-0.05, 0) is 42.4 Å². The number of fused-ring (bicyclic) bond motifs is 1. The van der Waals surface area contributed by atoms with E-state index >= 15 is 0 Å². The van der Waals surface area contributed by atoms with E-state index < -0.39 is 0 Å². The quantitative estimate of drug-likeness (QED) is 0.619.